The lowest BCUT2D eigenvalue weighted by molar-refractivity contribution is -0.437. The summed E-state index contributed by atoms with van der Waals surface area (Å²) in [6.07, 6.45) is 4.51. The van der Waals surface area contributed by atoms with Gasteiger partial charge >= 0.3 is 0 Å². The molecule has 0 saturated carbocycles. The first-order valence-corrected chi connectivity index (χ1v) is 15.2. The Morgan fingerprint density at radius 1 is 0.892 bits per heavy atom. The van der Waals surface area contributed by atoms with Gasteiger partial charge in [-0.15, -0.1) is 22.7 Å². The van der Waals surface area contributed by atoms with Crippen LogP contribution in [0.2, 0.25) is 0 Å². The van der Waals surface area contributed by atoms with Crippen LogP contribution in [0.25, 0.3) is 26.3 Å². The number of nitrogens with zero attached hydrogens (tertiary/aromatic N) is 1. The van der Waals surface area contributed by atoms with Gasteiger partial charge in [-0.1, -0.05) is 18.2 Å². The van der Waals surface area contributed by atoms with Gasteiger partial charge in [0, 0.05) is 49.4 Å². The van der Waals surface area contributed by atoms with E-state index in [9.17, 15) is 18.1 Å². The lowest BCUT2D eigenvalue weighted by Gasteiger charge is -2.15. The molecule has 2 aromatic carbocycles. The van der Waals surface area contributed by atoms with E-state index < -0.39 is 10.1 Å². The van der Waals surface area contributed by atoms with Crippen LogP contribution in [0.3, 0.4) is 0 Å². The first kappa shape index (κ1) is 25.6. The summed E-state index contributed by atoms with van der Waals surface area (Å²) in [6, 6.07) is 23.9. The second-order valence-corrected chi connectivity index (χ2v) is 13.3. The first-order chi connectivity index (χ1) is 17.6. The van der Waals surface area contributed by atoms with Crippen molar-refractivity contribution >= 4 is 50.3 Å². The van der Waals surface area contributed by atoms with Crippen LogP contribution in [-0.4, -0.2) is 40.7 Å². The van der Waals surface area contributed by atoms with E-state index in [-0.39, 0.29) is 23.3 Å². The summed E-state index contributed by atoms with van der Waals surface area (Å²) in [4.78, 5) is 4.65. The number of allylic oxidation sites excluding steroid dienone is 1. The van der Waals surface area contributed by atoms with Crippen molar-refractivity contribution in [2.24, 2.45) is 0 Å². The Labute approximate surface area is 225 Å². The molecule has 0 fully saturated rings. The van der Waals surface area contributed by atoms with Crippen molar-refractivity contribution in [3.63, 3.8) is 0 Å². The fraction of sp³-hybridized carbons (Fsp3) is 0.207. The molecule has 0 saturated heterocycles. The van der Waals surface area contributed by atoms with Crippen LogP contribution in [0.1, 0.15) is 30.7 Å². The van der Waals surface area contributed by atoms with Crippen LogP contribution in [0.4, 0.5) is 5.69 Å². The van der Waals surface area contributed by atoms with Crippen LogP contribution < -0.4 is 0 Å². The molecule has 2 aromatic heterocycles. The molecule has 1 aliphatic heterocycles. The number of fused-ring (bicyclic) bond motifs is 1. The van der Waals surface area contributed by atoms with Crippen molar-refractivity contribution in [2.75, 3.05) is 12.3 Å². The molecule has 0 radical (unpaired) electrons. The first-order valence-electron chi connectivity index (χ1n) is 12.0. The third-order valence-corrected chi connectivity index (χ3v) is 9.78. The Kier molecular flexibility index (Phi) is 6.93. The summed E-state index contributed by atoms with van der Waals surface area (Å²) in [5.41, 5.74) is 4.15. The maximum absolute atomic E-state index is 11.2. The van der Waals surface area contributed by atoms with Crippen molar-refractivity contribution in [2.45, 2.75) is 25.7 Å². The van der Waals surface area contributed by atoms with E-state index in [1.807, 2.05) is 24.3 Å². The minimum atomic E-state index is -4.25. The highest BCUT2D eigenvalue weighted by atomic mass is 32.2. The molecule has 190 valence electrons. The molecule has 1 N–H and O–H groups in total. The zero-order valence-electron chi connectivity index (χ0n) is 20.5. The average Bonchev–Trinajstić information content (AvgIpc) is 3.56. The second kappa shape index (κ2) is 10.0. The zero-order chi connectivity index (χ0) is 26.2. The van der Waals surface area contributed by atoms with E-state index in [1.54, 1.807) is 34.8 Å². The van der Waals surface area contributed by atoms with Crippen LogP contribution in [0, 0.1) is 0 Å². The zero-order valence-corrected chi connectivity index (χ0v) is 23.0. The van der Waals surface area contributed by atoms with Crippen molar-refractivity contribution in [1.82, 2.24) is 0 Å². The standard InChI is InChI=1S/C29H27NO4S3/c1-29(2)23-6-3-4-7-24(23)30(18-5-19-37(32,33)34)28(29)17-13-22-12-14-26(35-22)27-16-15-25(36-27)20-8-10-21(31)11-9-20/h3-4,6-17H,5,18-19H2,1-2H3,(H,32,33,34). The number of hydrogen-bond donors (Lipinski definition) is 1. The fourth-order valence-electron chi connectivity index (χ4n) is 4.77. The highest BCUT2D eigenvalue weighted by molar-refractivity contribution is 7.85. The number of thiophene rings is 2. The van der Waals surface area contributed by atoms with Crippen LogP contribution >= 0.6 is 22.7 Å². The third-order valence-electron chi connectivity index (χ3n) is 6.61. The lowest BCUT2D eigenvalue weighted by atomic mass is 9.81. The third kappa shape index (κ3) is 5.48. The number of para-hydroxylation sites is 1. The number of hydrogen-bond acceptors (Lipinski definition) is 6. The van der Waals surface area contributed by atoms with Gasteiger partial charge in [-0.3, -0.25) is 0 Å². The molecule has 0 aliphatic carbocycles. The summed E-state index contributed by atoms with van der Waals surface area (Å²) < 4.78 is 35.7. The summed E-state index contributed by atoms with van der Waals surface area (Å²) in [7, 11) is -4.25. The SMILES string of the molecule is CC1(C)C(/C=C/c2ccc(-c3ccc(-c4ccc(O)cc4)s3)s2)=[N+](CCCS(=O)(=O)[O-])c2ccccc21. The summed E-state index contributed by atoms with van der Waals surface area (Å²) in [5, 5.41) is 9.55. The van der Waals surface area contributed by atoms with E-state index in [1.165, 1.54) is 15.3 Å². The summed E-state index contributed by atoms with van der Waals surface area (Å²) in [5.74, 6) is -0.111. The van der Waals surface area contributed by atoms with Gasteiger partial charge in [0.05, 0.1) is 15.5 Å². The van der Waals surface area contributed by atoms with E-state index >= 15 is 0 Å². The predicted octanol–water partition coefficient (Wildman–Crippen LogP) is 6.87. The van der Waals surface area contributed by atoms with Crippen molar-refractivity contribution in [3.05, 3.63) is 89.3 Å². The lowest BCUT2D eigenvalue weighted by Crippen LogP contribution is -2.28. The molecule has 5 rings (SSSR count). The highest BCUT2D eigenvalue weighted by Crippen LogP contribution is 2.41. The van der Waals surface area contributed by atoms with Gasteiger partial charge in [0.1, 0.15) is 12.3 Å². The minimum Gasteiger partial charge on any atom is -0.748 e. The monoisotopic (exact) mass is 549 g/mol. The number of phenolic OH excluding ortho intramolecular Hbond substituents is 1. The average molecular weight is 550 g/mol. The van der Waals surface area contributed by atoms with Crippen LogP contribution in [0.5, 0.6) is 5.75 Å². The van der Waals surface area contributed by atoms with Gasteiger partial charge in [-0.25, -0.2) is 8.42 Å². The van der Waals surface area contributed by atoms with E-state index in [0.29, 0.717) is 6.54 Å². The topological polar surface area (TPSA) is 80.4 Å². The molecule has 3 heterocycles. The molecule has 8 heteroatoms. The number of benzene rings is 2. The van der Waals surface area contributed by atoms with Gasteiger partial charge in [-0.05, 0) is 74.0 Å². The van der Waals surface area contributed by atoms with E-state index in [0.717, 1.165) is 26.7 Å². The van der Waals surface area contributed by atoms with Crippen LogP contribution in [0.15, 0.2) is 78.9 Å². The van der Waals surface area contributed by atoms with Gasteiger partial charge in [0.15, 0.2) is 5.71 Å². The molecule has 0 atom stereocenters. The highest BCUT2D eigenvalue weighted by Gasteiger charge is 2.43. The smallest absolute Gasteiger partial charge is 0.209 e. The van der Waals surface area contributed by atoms with Gasteiger partial charge in [0.25, 0.3) is 0 Å². The van der Waals surface area contributed by atoms with Gasteiger partial charge < -0.3 is 9.66 Å². The van der Waals surface area contributed by atoms with E-state index in [4.69, 9.17) is 0 Å². The van der Waals surface area contributed by atoms with Gasteiger partial charge in [0.2, 0.25) is 5.69 Å². The Morgan fingerprint density at radius 3 is 2.32 bits per heavy atom. The van der Waals surface area contributed by atoms with Crippen molar-refractivity contribution in [3.8, 4) is 25.9 Å². The quantitative estimate of drug-likeness (QED) is 0.192. The van der Waals surface area contributed by atoms with Crippen molar-refractivity contribution < 1.29 is 22.7 Å². The molecule has 4 aromatic rings. The second-order valence-electron chi connectivity index (χ2n) is 9.54. The minimum absolute atomic E-state index is 0.254. The molecule has 0 unspecified atom stereocenters. The van der Waals surface area contributed by atoms with Crippen LogP contribution in [-0.2, 0) is 15.5 Å². The van der Waals surface area contributed by atoms with Crippen molar-refractivity contribution in [1.29, 1.82) is 0 Å². The molecule has 0 amide bonds. The Balaban J connectivity index is 1.41. The fourth-order valence-corrected chi connectivity index (χ4v) is 7.26. The normalized spacial score (nSPS) is 15.0. The largest absolute Gasteiger partial charge is 0.748 e. The summed E-state index contributed by atoms with van der Waals surface area (Å²) >= 11 is 3.44. The number of phenols is 1. The summed E-state index contributed by atoms with van der Waals surface area (Å²) in [6.45, 7) is 4.81. The maximum atomic E-state index is 11.2. The number of rotatable bonds is 8. The predicted molar refractivity (Wildman–Crippen MR) is 152 cm³/mol. The molecular weight excluding hydrogens is 523 g/mol. The Bertz CT molecular complexity index is 1610. The van der Waals surface area contributed by atoms with Gasteiger partial charge in [-0.2, -0.15) is 4.58 Å². The maximum Gasteiger partial charge on any atom is 0.209 e. The van der Waals surface area contributed by atoms with E-state index in [2.05, 4.69) is 67.0 Å². The Hall–Kier alpha value is -3.04. The Morgan fingerprint density at radius 2 is 1.57 bits per heavy atom. The molecule has 0 spiro atoms. The molecule has 37 heavy (non-hydrogen) atoms. The molecular formula is C29H27NO4S3. The number of aromatic hydroxyl groups is 1. The molecule has 0 bridgehead atoms. The molecule has 1 aliphatic rings. The molecule has 5 nitrogen and oxygen atoms in total.